The van der Waals surface area contributed by atoms with Crippen LogP contribution in [-0.2, 0) is 6.54 Å². The van der Waals surface area contributed by atoms with Crippen molar-refractivity contribution in [3.05, 3.63) is 47.3 Å². The largest absolute Gasteiger partial charge is 0.486 e. The number of benzene rings is 1. The molecular weight excluding hydrogens is 344 g/mol. The number of carbonyl (C=O) groups excluding carboxylic acids is 1. The van der Waals surface area contributed by atoms with Crippen LogP contribution in [0.3, 0.4) is 0 Å². The minimum atomic E-state index is -0.158. The summed E-state index contributed by atoms with van der Waals surface area (Å²) < 4.78 is 13.0. The van der Waals surface area contributed by atoms with Crippen LogP contribution in [0, 0.1) is 6.92 Å². The maximum absolute atomic E-state index is 12.7. The zero-order chi connectivity index (χ0) is 19.0. The first-order valence-electron chi connectivity index (χ1n) is 9.04. The number of rotatable bonds is 4. The first-order valence-corrected chi connectivity index (χ1v) is 9.04. The molecule has 0 spiro atoms. The number of hydrogen-bond donors (Lipinski definition) is 1. The lowest BCUT2D eigenvalue weighted by molar-refractivity contribution is 0.0950. The number of ether oxygens (including phenoxy) is 2. The molecule has 1 aliphatic heterocycles. The Labute approximate surface area is 157 Å². The van der Waals surface area contributed by atoms with Crippen molar-refractivity contribution in [1.29, 1.82) is 0 Å². The van der Waals surface area contributed by atoms with Crippen molar-refractivity contribution in [2.75, 3.05) is 13.2 Å². The van der Waals surface area contributed by atoms with Gasteiger partial charge in [-0.3, -0.25) is 4.79 Å². The Kier molecular flexibility index (Phi) is 4.43. The van der Waals surface area contributed by atoms with E-state index in [1.807, 2.05) is 35.9 Å². The molecule has 2 aromatic heterocycles. The van der Waals surface area contributed by atoms with Crippen LogP contribution in [-0.4, -0.2) is 33.9 Å². The van der Waals surface area contributed by atoms with E-state index in [1.54, 1.807) is 6.20 Å². The van der Waals surface area contributed by atoms with Gasteiger partial charge in [0.05, 0.1) is 17.5 Å². The topological polar surface area (TPSA) is 78.3 Å². The molecule has 0 saturated heterocycles. The van der Waals surface area contributed by atoms with Crippen LogP contribution in [0.25, 0.3) is 11.0 Å². The van der Waals surface area contributed by atoms with E-state index in [9.17, 15) is 4.79 Å². The van der Waals surface area contributed by atoms with Crippen molar-refractivity contribution in [2.24, 2.45) is 0 Å². The average molecular weight is 366 g/mol. The second-order valence-electron chi connectivity index (χ2n) is 6.88. The SMILES string of the molecule is Cc1nc2c(cnn2C(C)C)cc1C(=O)NCc1ccc2c(c1)OCCO2. The van der Waals surface area contributed by atoms with Gasteiger partial charge < -0.3 is 14.8 Å². The summed E-state index contributed by atoms with van der Waals surface area (Å²) in [6.07, 6.45) is 1.75. The van der Waals surface area contributed by atoms with Gasteiger partial charge in [-0.2, -0.15) is 5.10 Å². The van der Waals surface area contributed by atoms with Crippen LogP contribution in [0.15, 0.2) is 30.5 Å². The first-order chi connectivity index (χ1) is 13.0. The van der Waals surface area contributed by atoms with E-state index in [2.05, 4.69) is 29.2 Å². The Hall–Kier alpha value is -3.09. The Balaban J connectivity index is 1.52. The number of fused-ring (bicyclic) bond motifs is 2. The van der Waals surface area contributed by atoms with E-state index in [0.29, 0.717) is 36.8 Å². The van der Waals surface area contributed by atoms with E-state index < -0.39 is 0 Å². The van der Waals surface area contributed by atoms with Crippen molar-refractivity contribution in [3.8, 4) is 11.5 Å². The van der Waals surface area contributed by atoms with Crippen LogP contribution >= 0.6 is 0 Å². The molecule has 0 radical (unpaired) electrons. The number of nitrogens with zero attached hydrogens (tertiary/aromatic N) is 3. The number of carbonyl (C=O) groups is 1. The molecule has 0 saturated carbocycles. The quantitative estimate of drug-likeness (QED) is 0.768. The highest BCUT2D eigenvalue weighted by molar-refractivity contribution is 5.98. The van der Waals surface area contributed by atoms with Gasteiger partial charge in [-0.25, -0.2) is 9.67 Å². The molecule has 0 unspecified atom stereocenters. The van der Waals surface area contributed by atoms with Gasteiger partial charge in [0.1, 0.15) is 13.2 Å². The average Bonchev–Trinajstić information content (AvgIpc) is 3.08. The minimum Gasteiger partial charge on any atom is -0.486 e. The summed E-state index contributed by atoms with van der Waals surface area (Å²) >= 11 is 0. The number of amides is 1. The Bertz CT molecular complexity index is 1010. The first kappa shape index (κ1) is 17.3. The van der Waals surface area contributed by atoms with Crippen LogP contribution in [0.5, 0.6) is 11.5 Å². The summed E-state index contributed by atoms with van der Waals surface area (Å²) in [5, 5.41) is 8.18. The smallest absolute Gasteiger partial charge is 0.253 e. The summed E-state index contributed by atoms with van der Waals surface area (Å²) in [6, 6.07) is 7.76. The molecule has 1 amide bonds. The fourth-order valence-corrected chi connectivity index (χ4v) is 3.15. The van der Waals surface area contributed by atoms with Crippen LogP contribution < -0.4 is 14.8 Å². The zero-order valence-electron chi connectivity index (χ0n) is 15.7. The molecule has 7 heteroatoms. The summed E-state index contributed by atoms with van der Waals surface area (Å²) in [6.45, 7) is 7.45. The van der Waals surface area contributed by atoms with Gasteiger partial charge in [0.2, 0.25) is 0 Å². The van der Waals surface area contributed by atoms with E-state index in [4.69, 9.17) is 9.47 Å². The predicted molar refractivity (Wildman–Crippen MR) is 101 cm³/mol. The summed E-state index contributed by atoms with van der Waals surface area (Å²) in [7, 11) is 0. The third kappa shape index (κ3) is 3.32. The predicted octanol–water partition coefficient (Wildman–Crippen LogP) is 3.02. The van der Waals surface area contributed by atoms with Crippen molar-refractivity contribution in [3.63, 3.8) is 0 Å². The lowest BCUT2D eigenvalue weighted by Crippen LogP contribution is -2.24. The molecule has 1 aromatic carbocycles. The van der Waals surface area contributed by atoms with Crippen LogP contribution in [0.2, 0.25) is 0 Å². The lowest BCUT2D eigenvalue weighted by atomic mass is 10.1. The molecule has 1 aliphatic rings. The molecule has 3 aromatic rings. The van der Waals surface area contributed by atoms with Gasteiger partial charge in [0.15, 0.2) is 17.1 Å². The van der Waals surface area contributed by atoms with E-state index in [0.717, 1.165) is 22.3 Å². The molecule has 0 aliphatic carbocycles. The molecule has 7 nitrogen and oxygen atoms in total. The number of aromatic nitrogens is 3. The number of pyridine rings is 1. The minimum absolute atomic E-state index is 0.158. The molecule has 4 rings (SSSR count). The van der Waals surface area contributed by atoms with E-state index in [1.165, 1.54) is 0 Å². The highest BCUT2D eigenvalue weighted by atomic mass is 16.6. The molecular formula is C20H22N4O3. The standard InChI is InChI=1S/C20H22N4O3/c1-12(2)24-19-15(11-22-24)9-16(13(3)23-19)20(25)21-10-14-4-5-17-18(8-14)27-7-6-26-17/h4-5,8-9,11-12H,6-7,10H2,1-3H3,(H,21,25). The third-order valence-electron chi connectivity index (χ3n) is 4.55. The van der Waals surface area contributed by atoms with Crippen molar-refractivity contribution >= 4 is 16.9 Å². The maximum Gasteiger partial charge on any atom is 0.253 e. The monoisotopic (exact) mass is 366 g/mol. The fourth-order valence-electron chi connectivity index (χ4n) is 3.15. The number of nitrogens with one attached hydrogen (secondary N) is 1. The highest BCUT2D eigenvalue weighted by Gasteiger charge is 2.16. The molecule has 1 N–H and O–H groups in total. The lowest BCUT2D eigenvalue weighted by Gasteiger charge is -2.19. The van der Waals surface area contributed by atoms with Crippen LogP contribution in [0.4, 0.5) is 0 Å². The number of aryl methyl sites for hydroxylation is 1. The van der Waals surface area contributed by atoms with Crippen molar-refractivity contribution in [2.45, 2.75) is 33.4 Å². The van der Waals surface area contributed by atoms with Gasteiger partial charge in [0, 0.05) is 18.0 Å². The fraction of sp³-hybridized carbons (Fsp3) is 0.350. The van der Waals surface area contributed by atoms with E-state index in [-0.39, 0.29) is 11.9 Å². The van der Waals surface area contributed by atoms with Gasteiger partial charge in [-0.05, 0) is 44.5 Å². The van der Waals surface area contributed by atoms with Gasteiger partial charge >= 0.3 is 0 Å². The maximum atomic E-state index is 12.7. The molecule has 3 heterocycles. The number of hydrogen-bond acceptors (Lipinski definition) is 5. The molecule has 27 heavy (non-hydrogen) atoms. The van der Waals surface area contributed by atoms with Gasteiger partial charge in [0.25, 0.3) is 5.91 Å². The molecule has 0 fully saturated rings. The van der Waals surface area contributed by atoms with Gasteiger partial charge in [-0.1, -0.05) is 6.07 Å². The normalized spacial score (nSPS) is 13.2. The second-order valence-corrected chi connectivity index (χ2v) is 6.88. The molecule has 0 atom stereocenters. The zero-order valence-corrected chi connectivity index (χ0v) is 15.7. The Morgan fingerprint density at radius 1 is 1.22 bits per heavy atom. The van der Waals surface area contributed by atoms with E-state index >= 15 is 0 Å². The van der Waals surface area contributed by atoms with Crippen molar-refractivity contribution < 1.29 is 14.3 Å². The third-order valence-corrected chi connectivity index (χ3v) is 4.55. The molecule has 0 bridgehead atoms. The summed E-state index contributed by atoms with van der Waals surface area (Å²) in [4.78, 5) is 17.3. The highest BCUT2D eigenvalue weighted by Crippen LogP contribution is 2.30. The second kappa shape index (κ2) is 6.90. The molecule has 140 valence electrons. The summed E-state index contributed by atoms with van der Waals surface area (Å²) in [5.41, 5.74) is 2.99. The van der Waals surface area contributed by atoms with Gasteiger partial charge in [-0.15, -0.1) is 0 Å². The Morgan fingerprint density at radius 3 is 2.78 bits per heavy atom. The van der Waals surface area contributed by atoms with Crippen molar-refractivity contribution in [1.82, 2.24) is 20.1 Å². The van der Waals surface area contributed by atoms with Crippen LogP contribution in [0.1, 0.15) is 41.5 Å². The summed E-state index contributed by atoms with van der Waals surface area (Å²) in [5.74, 6) is 1.30. The Morgan fingerprint density at radius 2 is 2.00 bits per heavy atom.